The van der Waals surface area contributed by atoms with Gasteiger partial charge >= 0.3 is 0 Å². The van der Waals surface area contributed by atoms with Gasteiger partial charge < -0.3 is 29.1 Å². The third-order valence-electron chi connectivity index (χ3n) is 11.9. The first kappa shape index (κ1) is 37.2. The molecule has 1 fully saturated rings. The van der Waals surface area contributed by atoms with Gasteiger partial charge in [0.05, 0.1) is 18.8 Å². The van der Waals surface area contributed by atoms with E-state index >= 15 is 4.79 Å². The van der Waals surface area contributed by atoms with Crippen molar-refractivity contribution < 1.29 is 24.2 Å². The van der Waals surface area contributed by atoms with Gasteiger partial charge in [0.25, 0.3) is 17.7 Å². The highest BCUT2D eigenvalue weighted by Crippen LogP contribution is 2.36. The molecule has 0 radical (unpaired) electrons. The van der Waals surface area contributed by atoms with Gasteiger partial charge in [-0.3, -0.25) is 19.3 Å². The van der Waals surface area contributed by atoms with Crippen LogP contribution in [0.1, 0.15) is 59.0 Å². The zero-order chi connectivity index (χ0) is 38.9. The molecule has 0 spiro atoms. The lowest BCUT2D eigenvalue weighted by Gasteiger charge is -2.41. The highest BCUT2D eigenvalue weighted by Gasteiger charge is 2.36. The molecule has 4 heterocycles. The lowest BCUT2D eigenvalue weighted by Crippen LogP contribution is -2.52. The Balaban J connectivity index is 1.20. The van der Waals surface area contributed by atoms with Gasteiger partial charge in [0.2, 0.25) is 0 Å². The summed E-state index contributed by atoms with van der Waals surface area (Å²) >= 11 is 0. The molecule has 3 amide bonds. The first-order valence-electron chi connectivity index (χ1n) is 19.6. The second kappa shape index (κ2) is 15.8. The van der Waals surface area contributed by atoms with E-state index in [0.29, 0.717) is 67.2 Å². The fraction of sp³-hybridized carbons (Fsp3) is 0.326. The number of benzene rings is 4. The molecule has 1 atom stereocenters. The highest BCUT2D eigenvalue weighted by atomic mass is 16.5. The second-order valence-electron chi connectivity index (χ2n) is 15.3. The summed E-state index contributed by atoms with van der Waals surface area (Å²) in [5.41, 5.74) is 8.83. The van der Waals surface area contributed by atoms with Crippen molar-refractivity contribution in [2.45, 2.75) is 38.8 Å². The average Bonchev–Trinajstić information content (AvgIpc) is 3.52. The Labute approximate surface area is 328 Å². The quantitative estimate of drug-likeness (QED) is 0.195. The van der Waals surface area contributed by atoms with E-state index in [1.165, 1.54) is 11.1 Å². The molecule has 3 aliphatic heterocycles. The first-order valence-corrected chi connectivity index (χ1v) is 19.6. The number of morpholine rings is 1. The molecule has 8 rings (SSSR count). The maximum absolute atomic E-state index is 15.4. The van der Waals surface area contributed by atoms with Crippen molar-refractivity contribution in [3.63, 3.8) is 0 Å². The fourth-order valence-corrected chi connectivity index (χ4v) is 8.46. The van der Waals surface area contributed by atoms with E-state index in [1.54, 1.807) is 36.2 Å². The van der Waals surface area contributed by atoms with Crippen LogP contribution in [-0.2, 0) is 37.6 Å². The summed E-state index contributed by atoms with van der Waals surface area (Å²) in [7, 11) is 3.64. The van der Waals surface area contributed by atoms with Gasteiger partial charge in [-0.1, -0.05) is 54.6 Å². The number of fused-ring (bicyclic) bond motifs is 2. The molecule has 10 heteroatoms. The number of aromatic hydroxyl groups is 1. The van der Waals surface area contributed by atoms with Gasteiger partial charge in [-0.25, -0.2) is 0 Å². The van der Waals surface area contributed by atoms with Gasteiger partial charge in [-0.2, -0.15) is 0 Å². The number of phenols is 1. The van der Waals surface area contributed by atoms with E-state index < -0.39 is 0 Å². The molecular weight excluding hydrogens is 703 g/mol. The standard InChI is InChI=1S/C46H49N5O5/c1-31-39(44(53)48(3)36-13-15-38(52)16-14-36)28-43(47(31)2)41-26-34-18-20-50(19-17-32-9-5-4-6-10-32)45(54)40(34)27-42(41)46(55)51-29-35-12-8-7-11-33(35)25-37(51)30-49-21-23-56-24-22-49/h4-16,26-28,37,52H,17-25,29-30H2,1-3H3/t37-/m0/s1. The van der Waals surface area contributed by atoms with E-state index in [4.69, 9.17) is 4.74 Å². The van der Waals surface area contributed by atoms with E-state index in [1.807, 2.05) is 70.8 Å². The molecule has 1 N–H and O–H groups in total. The Morgan fingerprint density at radius 1 is 0.839 bits per heavy atom. The maximum Gasteiger partial charge on any atom is 0.259 e. The van der Waals surface area contributed by atoms with E-state index in [0.717, 1.165) is 55.0 Å². The highest BCUT2D eigenvalue weighted by molar-refractivity contribution is 6.09. The van der Waals surface area contributed by atoms with Crippen LogP contribution < -0.4 is 4.90 Å². The van der Waals surface area contributed by atoms with Crippen LogP contribution in [0.3, 0.4) is 0 Å². The Morgan fingerprint density at radius 3 is 2.30 bits per heavy atom. The number of nitrogens with zero attached hydrogens (tertiary/aromatic N) is 5. The Bertz CT molecular complexity index is 2260. The summed E-state index contributed by atoms with van der Waals surface area (Å²) < 4.78 is 7.63. The van der Waals surface area contributed by atoms with Crippen LogP contribution in [0.15, 0.2) is 97.1 Å². The molecule has 0 unspecified atom stereocenters. The first-order chi connectivity index (χ1) is 27.2. The number of rotatable bonds is 9. The molecule has 0 saturated carbocycles. The molecule has 288 valence electrons. The Kier molecular flexibility index (Phi) is 10.5. The number of carbonyl (C=O) groups is 3. The number of aromatic nitrogens is 1. The molecule has 5 aromatic rings. The third kappa shape index (κ3) is 7.34. The van der Waals surface area contributed by atoms with Gasteiger partial charge in [-0.05, 0) is 90.9 Å². The monoisotopic (exact) mass is 751 g/mol. The van der Waals surface area contributed by atoms with Crippen molar-refractivity contribution in [3.8, 4) is 17.0 Å². The molecule has 10 nitrogen and oxygen atoms in total. The predicted molar refractivity (Wildman–Crippen MR) is 217 cm³/mol. The van der Waals surface area contributed by atoms with Crippen molar-refractivity contribution in [3.05, 3.63) is 142 Å². The topological polar surface area (TPSA) is 98.6 Å². The minimum Gasteiger partial charge on any atom is -0.508 e. The smallest absolute Gasteiger partial charge is 0.259 e. The summed E-state index contributed by atoms with van der Waals surface area (Å²) in [5, 5.41) is 9.84. The van der Waals surface area contributed by atoms with Crippen molar-refractivity contribution in [2.75, 3.05) is 57.9 Å². The van der Waals surface area contributed by atoms with Gasteiger partial charge in [0, 0.05) is 93.2 Å². The molecule has 1 saturated heterocycles. The van der Waals surface area contributed by atoms with E-state index in [2.05, 4.69) is 35.2 Å². The normalized spacial score (nSPS) is 17.1. The summed E-state index contributed by atoms with van der Waals surface area (Å²) in [4.78, 5) is 51.5. The Hall–Kier alpha value is -5.71. The molecule has 1 aromatic heterocycles. The van der Waals surface area contributed by atoms with E-state index in [-0.39, 0.29) is 29.5 Å². The van der Waals surface area contributed by atoms with Crippen molar-refractivity contribution in [2.24, 2.45) is 7.05 Å². The molecule has 56 heavy (non-hydrogen) atoms. The fourth-order valence-electron chi connectivity index (χ4n) is 8.46. The number of phenolic OH excluding ortho intramolecular Hbond substituents is 1. The maximum atomic E-state index is 15.4. The van der Waals surface area contributed by atoms with Gasteiger partial charge in [-0.15, -0.1) is 0 Å². The molecule has 4 aromatic carbocycles. The predicted octanol–water partition coefficient (Wildman–Crippen LogP) is 6.12. The van der Waals surface area contributed by atoms with Crippen LogP contribution >= 0.6 is 0 Å². The van der Waals surface area contributed by atoms with Crippen LogP contribution in [0.4, 0.5) is 5.69 Å². The largest absolute Gasteiger partial charge is 0.508 e. The number of hydrogen-bond acceptors (Lipinski definition) is 6. The number of carbonyl (C=O) groups excluding carboxylic acids is 3. The SMILES string of the molecule is Cc1c(C(=O)N(C)c2ccc(O)cc2)cc(-c2cc3c(cc2C(=O)N2Cc4ccccc4C[C@H]2CN2CCOCC2)C(=O)N(CCc2ccccc2)CC3)n1C. The number of anilines is 1. The minimum absolute atomic E-state index is 0.0638. The zero-order valence-electron chi connectivity index (χ0n) is 32.4. The molecular formula is C46H49N5O5. The van der Waals surface area contributed by atoms with Crippen LogP contribution in [0.25, 0.3) is 11.3 Å². The van der Waals surface area contributed by atoms with Crippen LogP contribution in [0.2, 0.25) is 0 Å². The summed E-state index contributed by atoms with van der Waals surface area (Å²) in [5.74, 6) is -0.272. The molecule has 0 aliphatic carbocycles. The number of amides is 3. The Morgan fingerprint density at radius 2 is 1.55 bits per heavy atom. The van der Waals surface area contributed by atoms with Crippen LogP contribution in [-0.4, -0.2) is 101 Å². The van der Waals surface area contributed by atoms with Crippen LogP contribution in [0.5, 0.6) is 5.75 Å². The second-order valence-corrected chi connectivity index (χ2v) is 15.3. The zero-order valence-corrected chi connectivity index (χ0v) is 32.4. The lowest BCUT2D eigenvalue weighted by molar-refractivity contribution is 0.0193. The van der Waals surface area contributed by atoms with Gasteiger partial charge in [0.1, 0.15) is 5.75 Å². The van der Waals surface area contributed by atoms with Crippen molar-refractivity contribution >= 4 is 23.4 Å². The van der Waals surface area contributed by atoms with Crippen molar-refractivity contribution in [1.82, 2.24) is 19.3 Å². The van der Waals surface area contributed by atoms with Gasteiger partial charge in [0.15, 0.2) is 0 Å². The summed E-state index contributed by atoms with van der Waals surface area (Å²) in [6.45, 7) is 7.25. The molecule has 0 bridgehead atoms. The third-order valence-corrected chi connectivity index (χ3v) is 11.9. The number of hydrogen-bond donors (Lipinski definition) is 1. The van der Waals surface area contributed by atoms with Crippen LogP contribution in [0, 0.1) is 6.92 Å². The van der Waals surface area contributed by atoms with Crippen molar-refractivity contribution in [1.29, 1.82) is 0 Å². The summed E-state index contributed by atoms with van der Waals surface area (Å²) in [6, 6.07) is 30.7. The lowest BCUT2D eigenvalue weighted by atomic mass is 9.89. The summed E-state index contributed by atoms with van der Waals surface area (Å²) in [6.07, 6.45) is 2.14. The van der Waals surface area contributed by atoms with E-state index in [9.17, 15) is 14.7 Å². The minimum atomic E-state index is -0.205. The average molecular weight is 752 g/mol. The number of ether oxygens (including phenoxy) is 1. The molecule has 3 aliphatic rings.